The van der Waals surface area contributed by atoms with Crippen LogP contribution in [0.4, 0.5) is 0 Å². The van der Waals surface area contributed by atoms with Gasteiger partial charge in [0.25, 0.3) is 0 Å². The van der Waals surface area contributed by atoms with Crippen molar-refractivity contribution in [2.75, 3.05) is 13.7 Å². The fourth-order valence-electron chi connectivity index (χ4n) is 3.53. The maximum absolute atomic E-state index is 13.1. The Morgan fingerprint density at radius 2 is 1.69 bits per heavy atom. The molecule has 0 amide bonds. The summed E-state index contributed by atoms with van der Waals surface area (Å²) in [6, 6.07) is 12.8. The number of methoxy groups -OCH3 is 1. The van der Waals surface area contributed by atoms with Crippen LogP contribution in [0.2, 0.25) is 0 Å². The lowest BCUT2D eigenvalue weighted by Gasteiger charge is -2.10. The van der Waals surface area contributed by atoms with Crippen LogP contribution >= 0.6 is 0 Å². The molecule has 0 heterocycles. The van der Waals surface area contributed by atoms with Gasteiger partial charge in [-0.3, -0.25) is 4.79 Å². The number of hydrogen-bond acceptors (Lipinski definition) is 5. The summed E-state index contributed by atoms with van der Waals surface area (Å²) in [6.07, 6.45) is 0. The number of ether oxygens (including phenoxy) is 1. The molecule has 2 aromatic rings. The predicted molar refractivity (Wildman–Crippen MR) is 95.0 cm³/mol. The standard InChI is InChI=1S/C19H20O6S/c1-12-3-9-15(10-4-12)26(23,24)17-16(19(17,11-20)18(21)22)13-5-7-14(25-2)8-6-13/h3-10,16-17,20H,11H2,1-2H3,(H,21,22). The number of aliphatic carboxylic acids is 1. The maximum Gasteiger partial charge on any atom is 0.314 e. The lowest BCUT2D eigenvalue weighted by molar-refractivity contribution is -0.145. The number of hydrogen-bond donors (Lipinski definition) is 2. The number of sulfone groups is 1. The summed E-state index contributed by atoms with van der Waals surface area (Å²) in [5, 5.41) is 18.3. The summed E-state index contributed by atoms with van der Waals surface area (Å²) >= 11 is 0. The SMILES string of the molecule is COc1ccc(C2C(S(=O)(=O)c3ccc(C)cc3)C2(CO)C(=O)O)cc1. The highest BCUT2D eigenvalue weighted by molar-refractivity contribution is 7.92. The Kier molecular flexibility index (Phi) is 4.54. The maximum atomic E-state index is 13.1. The summed E-state index contributed by atoms with van der Waals surface area (Å²) < 4.78 is 31.3. The minimum absolute atomic E-state index is 0.0585. The number of rotatable bonds is 6. The predicted octanol–water partition coefficient (Wildman–Crippen LogP) is 2.01. The van der Waals surface area contributed by atoms with E-state index in [2.05, 4.69) is 0 Å². The molecule has 3 unspecified atom stereocenters. The number of aryl methyl sites for hydroxylation is 1. The molecule has 0 aliphatic heterocycles. The van der Waals surface area contributed by atoms with Crippen LogP contribution in [0, 0.1) is 12.3 Å². The van der Waals surface area contributed by atoms with Gasteiger partial charge in [0.2, 0.25) is 0 Å². The van der Waals surface area contributed by atoms with Crippen molar-refractivity contribution < 1.29 is 28.2 Å². The zero-order chi connectivity index (χ0) is 19.1. The smallest absolute Gasteiger partial charge is 0.314 e. The van der Waals surface area contributed by atoms with Gasteiger partial charge < -0.3 is 14.9 Å². The average molecular weight is 376 g/mol. The lowest BCUT2D eigenvalue weighted by atomic mass is 10.00. The van der Waals surface area contributed by atoms with Crippen molar-refractivity contribution in [1.82, 2.24) is 0 Å². The first-order valence-electron chi connectivity index (χ1n) is 8.08. The highest BCUT2D eigenvalue weighted by Gasteiger charge is 2.75. The van der Waals surface area contributed by atoms with E-state index in [-0.39, 0.29) is 4.90 Å². The van der Waals surface area contributed by atoms with Crippen LogP contribution in [0.1, 0.15) is 17.0 Å². The zero-order valence-electron chi connectivity index (χ0n) is 14.4. The van der Waals surface area contributed by atoms with Crippen LogP contribution in [-0.2, 0) is 14.6 Å². The Bertz CT molecular complexity index is 918. The number of carbonyl (C=O) groups is 1. The van der Waals surface area contributed by atoms with Gasteiger partial charge in [-0.15, -0.1) is 0 Å². The Morgan fingerprint density at radius 1 is 1.12 bits per heavy atom. The molecular weight excluding hydrogens is 356 g/mol. The van der Waals surface area contributed by atoms with E-state index in [1.54, 1.807) is 36.4 Å². The molecule has 1 fully saturated rings. The summed E-state index contributed by atoms with van der Waals surface area (Å²) in [6.45, 7) is 1.08. The van der Waals surface area contributed by atoms with Crippen molar-refractivity contribution in [3.63, 3.8) is 0 Å². The van der Waals surface area contributed by atoms with E-state index < -0.39 is 39.0 Å². The number of carboxylic acid groups (broad SMARTS) is 1. The van der Waals surface area contributed by atoms with Crippen molar-refractivity contribution in [3.8, 4) is 5.75 Å². The minimum Gasteiger partial charge on any atom is -0.497 e. The van der Waals surface area contributed by atoms with Crippen LogP contribution < -0.4 is 4.74 Å². The van der Waals surface area contributed by atoms with Crippen LogP contribution in [0.15, 0.2) is 53.4 Å². The van der Waals surface area contributed by atoms with Gasteiger partial charge in [-0.25, -0.2) is 8.42 Å². The monoisotopic (exact) mass is 376 g/mol. The third-order valence-electron chi connectivity index (χ3n) is 5.07. The van der Waals surface area contributed by atoms with Gasteiger partial charge in [0, 0.05) is 5.92 Å². The van der Waals surface area contributed by atoms with E-state index in [1.807, 2.05) is 6.92 Å². The molecule has 0 aromatic heterocycles. The minimum atomic E-state index is -3.93. The van der Waals surface area contributed by atoms with Crippen LogP contribution in [0.5, 0.6) is 5.75 Å². The van der Waals surface area contributed by atoms with Crippen LogP contribution in [-0.4, -0.2) is 43.6 Å². The summed E-state index contributed by atoms with van der Waals surface area (Å²) in [5.74, 6) is -1.57. The second-order valence-corrected chi connectivity index (χ2v) is 8.60. The molecule has 1 aliphatic rings. The van der Waals surface area contributed by atoms with Crippen molar-refractivity contribution in [1.29, 1.82) is 0 Å². The summed E-state index contributed by atoms with van der Waals surface area (Å²) in [7, 11) is -2.43. The number of aliphatic hydroxyl groups excluding tert-OH is 1. The fraction of sp³-hybridized carbons (Fsp3) is 0.316. The topological polar surface area (TPSA) is 101 Å². The number of carboxylic acids is 1. The normalized spacial score (nSPS) is 24.9. The molecule has 2 N–H and O–H groups in total. The highest BCUT2D eigenvalue weighted by Crippen LogP contribution is 2.64. The molecule has 0 bridgehead atoms. The van der Waals surface area contributed by atoms with E-state index in [4.69, 9.17) is 4.74 Å². The van der Waals surface area contributed by atoms with Gasteiger partial charge in [-0.05, 0) is 36.8 Å². The van der Waals surface area contributed by atoms with Crippen molar-refractivity contribution >= 4 is 15.8 Å². The van der Waals surface area contributed by atoms with E-state index in [0.29, 0.717) is 11.3 Å². The van der Waals surface area contributed by atoms with E-state index in [0.717, 1.165) is 5.56 Å². The Labute approximate surface area is 152 Å². The van der Waals surface area contributed by atoms with E-state index >= 15 is 0 Å². The largest absolute Gasteiger partial charge is 0.497 e. The van der Waals surface area contributed by atoms with Gasteiger partial charge in [-0.1, -0.05) is 29.8 Å². The number of benzene rings is 2. The van der Waals surface area contributed by atoms with E-state index in [1.165, 1.54) is 19.2 Å². The first-order valence-corrected chi connectivity index (χ1v) is 9.62. The van der Waals surface area contributed by atoms with Gasteiger partial charge >= 0.3 is 5.97 Å². The summed E-state index contributed by atoms with van der Waals surface area (Å²) in [5.41, 5.74) is -0.306. The van der Waals surface area contributed by atoms with Gasteiger partial charge in [-0.2, -0.15) is 0 Å². The fourth-order valence-corrected chi connectivity index (χ4v) is 5.89. The molecule has 7 heteroatoms. The third-order valence-corrected chi connectivity index (χ3v) is 7.37. The number of aliphatic hydroxyl groups is 1. The van der Waals surface area contributed by atoms with Crippen molar-refractivity contribution in [2.45, 2.75) is 23.0 Å². The quantitative estimate of drug-likeness (QED) is 0.800. The molecule has 1 saturated carbocycles. The Hall–Kier alpha value is -2.38. The van der Waals surface area contributed by atoms with Crippen LogP contribution in [0.3, 0.4) is 0 Å². The molecule has 0 spiro atoms. The van der Waals surface area contributed by atoms with Crippen molar-refractivity contribution in [2.24, 2.45) is 5.41 Å². The Balaban J connectivity index is 2.08. The molecule has 0 radical (unpaired) electrons. The molecule has 1 aliphatic carbocycles. The third kappa shape index (κ3) is 2.68. The summed E-state index contributed by atoms with van der Waals surface area (Å²) in [4.78, 5) is 12.0. The highest BCUT2D eigenvalue weighted by atomic mass is 32.2. The molecule has 26 heavy (non-hydrogen) atoms. The van der Waals surface area contributed by atoms with Crippen LogP contribution in [0.25, 0.3) is 0 Å². The van der Waals surface area contributed by atoms with E-state index in [9.17, 15) is 23.4 Å². The first kappa shape index (κ1) is 18.4. The zero-order valence-corrected chi connectivity index (χ0v) is 15.2. The molecule has 2 aromatic carbocycles. The van der Waals surface area contributed by atoms with Gasteiger partial charge in [0.1, 0.15) is 11.2 Å². The van der Waals surface area contributed by atoms with Crippen molar-refractivity contribution in [3.05, 3.63) is 59.7 Å². The average Bonchev–Trinajstić information content (AvgIpc) is 3.34. The molecule has 3 rings (SSSR count). The molecule has 3 atom stereocenters. The Morgan fingerprint density at radius 3 is 2.15 bits per heavy atom. The second-order valence-electron chi connectivity index (χ2n) is 6.53. The molecule has 6 nitrogen and oxygen atoms in total. The molecule has 138 valence electrons. The second kappa shape index (κ2) is 6.41. The molecule has 0 saturated heterocycles. The van der Waals surface area contributed by atoms with Gasteiger partial charge in [0.05, 0.1) is 23.9 Å². The molecular formula is C19H20O6S. The van der Waals surface area contributed by atoms with Gasteiger partial charge in [0.15, 0.2) is 9.84 Å². The lowest BCUT2D eigenvalue weighted by Crippen LogP contribution is -2.27. The first-order chi connectivity index (χ1) is 12.3.